The predicted molar refractivity (Wildman–Crippen MR) is 74.2 cm³/mol. The first-order valence-corrected chi connectivity index (χ1v) is 6.58. The minimum atomic E-state index is 0.0573. The van der Waals surface area contributed by atoms with E-state index in [1.54, 1.807) is 13.1 Å². The molecule has 19 heavy (non-hydrogen) atoms. The fraction of sp³-hybridized carbons (Fsp3) is 0.538. The van der Waals surface area contributed by atoms with Crippen molar-refractivity contribution in [3.05, 3.63) is 24.0 Å². The van der Waals surface area contributed by atoms with Gasteiger partial charge < -0.3 is 10.7 Å². The molecule has 1 aromatic heterocycles. The second-order valence-corrected chi connectivity index (χ2v) is 4.93. The van der Waals surface area contributed by atoms with E-state index in [-0.39, 0.29) is 5.91 Å². The molecule has 4 N–H and O–H groups in total. The molecule has 1 aliphatic heterocycles. The number of nitrogens with zero attached hydrogens (tertiary/aromatic N) is 2. The zero-order valence-corrected chi connectivity index (χ0v) is 11.2. The van der Waals surface area contributed by atoms with Crippen molar-refractivity contribution >= 4 is 11.6 Å². The van der Waals surface area contributed by atoms with Gasteiger partial charge in [0.25, 0.3) is 0 Å². The number of piperidine rings is 1. The molecule has 1 fully saturated rings. The smallest absolute Gasteiger partial charge is 0.217 e. The Bertz CT molecular complexity index is 429. The third-order valence-electron chi connectivity index (χ3n) is 3.36. The highest BCUT2D eigenvalue weighted by molar-refractivity contribution is 5.73. The summed E-state index contributed by atoms with van der Waals surface area (Å²) in [7, 11) is 0. The number of carbonyl (C=O) groups excluding carboxylic acids is 1. The van der Waals surface area contributed by atoms with Gasteiger partial charge in [0, 0.05) is 38.8 Å². The van der Waals surface area contributed by atoms with E-state index in [2.05, 4.69) is 20.6 Å². The van der Waals surface area contributed by atoms with Crippen LogP contribution < -0.4 is 16.6 Å². The van der Waals surface area contributed by atoms with E-state index in [9.17, 15) is 4.79 Å². The minimum Gasteiger partial charge on any atom is -0.354 e. The molecular weight excluding hydrogens is 242 g/mol. The molecule has 0 bridgehead atoms. The maximum absolute atomic E-state index is 11.0. The fourth-order valence-corrected chi connectivity index (χ4v) is 2.41. The number of hydrogen-bond donors (Lipinski definition) is 3. The lowest BCUT2D eigenvalue weighted by Gasteiger charge is -2.31. The van der Waals surface area contributed by atoms with Crippen LogP contribution in [0.1, 0.15) is 25.5 Å². The number of likely N-dealkylation sites (tertiary alicyclic amines) is 1. The summed E-state index contributed by atoms with van der Waals surface area (Å²) in [6, 6.07) is 4.12. The molecule has 0 unspecified atom stereocenters. The van der Waals surface area contributed by atoms with Crippen LogP contribution in [0.25, 0.3) is 0 Å². The highest BCUT2D eigenvalue weighted by Crippen LogP contribution is 2.14. The number of aromatic nitrogens is 1. The fourth-order valence-electron chi connectivity index (χ4n) is 2.41. The first-order chi connectivity index (χ1) is 9.17. The van der Waals surface area contributed by atoms with Gasteiger partial charge >= 0.3 is 0 Å². The van der Waals surface area contributed by atoms with Gasteiger partial charge in [0.2, 0.25) is 5.91 Å². The first kappa shape index (κ1) is 13.8. The lowest BCUT2D eigenvalue weighted by Crippen LogP contribution is -2.43. The second-order valence-electron chi connectivity index (χ2n) is 4.93. The Morgan fingerprint density at radius 2 is 2.26 bits per heavy atom. The normalized spacial score (nSPS) is 17.2. The molecule has 0 saturated carbocycles. The largest absolute Gasteiger partial charge is 0.354 e. The molecule has 0 aromatic carbocycles. The standard InChI is InChI=1S/C13H21N5O/c1-10(19)16-11-3-6-18(7-4-11)9-13-8-12(17-14)2-5-15-13/h2,5,8,11H,3-4,6-7,9,14H2,1H3,(H,15,17)(H,16,19). The molecule has 1 amide bonds. The van der Waals surface area contributed by atoms with Crippen molar-refractivity contribution in [3.8, 4) is 0 Å². The van der Waals surface area contributed by atoms with E-state index in [1.807, 2.05) is 12.1 Å². The third kappa shape index (κ3) is 4.18. The number of carbonyl (C=O) groups is 1. The molecular formula is C13H21N5O. The van der Waals surface area contributed by atoms with Crippen molar-refractivity contribution in [1.82, 2.24) is 15.2 Å². The average molecular weight is 263 g/mol. The third-order valence-corrected chi connectivity index (χ3v) is 3.36. The average Bonchev–Trinajstić information content (AvgIpc) is 2.41. The predicted octanol–water partition coefficient (Wildman–Crippen LogP) is 0.468. The van der Waals surface area contributed by atoms with Crippen LogP contribution in [0.5, 0.6) is 0 Å². The molecule has 0 aliphatic carbocycles. The van der Waals surface area contributed by atoms with Gasteiger partial charge in [0.1, 0.15) is 0 Å². The van der Waals surface area contributed by atoms with Crippen molar-refractivity contribution in [1.29, 1.82) is 0 Å². The summed E-state index contributed by atoms with van der Waals surface area (Å²) < 4.78 is 0. The molecule has 0 atom stereocenters. The lowest BCUT2D eigenvalue weighted by atomic mass is 10.0. The van der Waals surface area contributed by atoms with Crippen LogP contribution in [-0.4, -0.2) is 34.9 Å². The Morgan fingerprint density at radius 1 is 1.53 bits per heavy atom. The van der Waals surface area contributed by atoms with Crippen LogP contribution in [0.4, 0.5) is 5.69 Å². The number of pyridine rings is 1. The van der Waals surface area contributed by atoms with Gasteiger partial charge in [-0.2, -0.15) is 0 Å². The van der Waals surface area contributed by atoms with E-state index in [0.717, 1.165) is 43.9 Å². The highest BCUT2D eigenvalue weighted by Gasteiger charge is 2.19. The molecule has 1 aliphatic rings. The summed E-state index contributed by atoms with van der Waals surface area (Å²) in [5, 5.41) is 2.98. The van der Waals surface area contributed by atoms with Gasteiger partial charge in [-0.25, -0.2) is 0 Å². The summed E-state index contributed by atoms with van der Waals surface area (Å²) in [4.78, 5) is 17.7. The number of nitrogen functional groups attached to an aromatic ring is 1. The zero-order valence-electron chi connectivity index (χ0n) is 11.2. The number of nitrogens with one attached hydrogen (secondary N) is 2. The number of hydrazine groups is 1. The summed E-state index contributed by atoms with van der Waals surface area (Å²) in [5.74, 6) is 5.44. The summed E-state index contributed by atoms with van der Waals surface area (Å²) in [6.07, 6.45) is 3.75. The Balaban J connectivity index is 1.83. The maximum Gasteiger partial charge on any atom is 0.217 e. The molecule has 1 aromatic rings. The van der Waals surface area contributed by atoms with Crippen molar-refractivity contribution in [2.45, 2.75) is 32.4 Å². The van der Waals surface area contributed by atoms with E-state index in [0.29, 0.717) is 6.04 Å². The molecule has 6 nitrogen and oxygen atoms in total. The minimum absolute atomic E-state index is 0.0573. The van der Waals surface area contributed by atoms with Crippen LogP contribution in [0, 0.1) is 0 Å². The van der Waals surface area contributed by atoms with Crippen LogP contribution in [-0.2, 0) is 11.3 Å². The van der Waals surface area contributed by atoms with Gasteiger partial charge in [-0.05, 0) is 25.0 Å². The monoisotopic (exact) mass is 263 g/mol. The van der Waals surface area contributed by atoms with Crippen molar-refractivity contribution in [2.24, 2.45) is 5.84 Å². The zero-order chi connectivity index (χ0) is 13.7. The number of rotatable bonds is 4. The topological polar surface area (TPSA) is 83.3 Å². The van der Waals surface area contributed by atoms with Crippen LogP contribution in [0.15, 0.2) is 18.3 Å². The Labute approximate surface area is 113 Å². The number of amides is 1. The molecule has 1 saturated heterocycles. The highest BCUT2D eigenvalue weighted by atomic mass is 16.1. The summed E-state index contributed by atoms with van der Waals surface area (Å²) in [6.45, 7) is 4.35. The Hall–Kier alpha value is -1.66. The number of nitrogens with two attached hydrogens (primary N) is 1. The Morgan fingerprint density at radius 3 is 2.89 bits per heavy atom. The SMILES string of the molecule is CC(=O)NC1CCN(Cc2cc(NN)ccn2)CC1. The molecule has 2 rings (SSSR count). The molecule has 0 radical (unpaired) electrons. The van der Waals surface area contributed by atoms with E-state index in [4.69, 9.17) is 5.84 Å². The van der Waals surface area contributed by atoms with Crippen LogP contribution in [0.2, 0.25) is 0 Å². The maximum atomic E-state index is 11.0. The Kier molecular flexibility index (Phi) is 4.70. The first-order valence-electron chi connectivity index (χ1n) is 6.58. The van der Waals surface area contributed by atoms with Gasteiger partial charge in [-0.1, -0.05) is 0 Å². The molecule has 0 spiro atoms. The molecule has 6 heteroatoms. The van der Waals surface area contributed by atoms with Crippen molar-refractivity contribution in [2.75, 3.05) is 18.5 Å². The van der Waals surface area contributed by atoms with Crippen LogP contribution in [0.3, 0.4) is 0 Å². The van der Waals surface area contributed by atoms with E-state index in [1.165, 1.54) is 0 Å². The van der Waals surface area contributed by atoms with Gasteiger partial charge in [0.05, 0.1) is 11.4 Å². The number of anilines is 1. The van der Waals surface area contributed by atoms with Gasteiger partial charge in [-0.3, -0.25) is 20.5 Å². The summed E-state index contributed by atoms with van der Waals surface area (Å²) in [5.41, 5.74) is 4.51. The van der Waals surface area contributed by atoms with Crippen LogP contribution >= 0.6 is 0 Å². The second kappa shape index (κ2) is 6.49. The number of hydrogen-bond acceptors (Lipinski definition) is 5. The molecule has 104 valence electrons. The van der Waals surface area contributed by atoms with E-state index >= 15 is 0 Å². The quantitative estimate of drug-likeness (QED) is 0.543. The van der Waals surface area contributed by atoms with Crippen molar-refractivity contribution in [3.63, 3.8) is 0 Å². The van der Waals surface area contributed by atoms with E-state index < -0.39 is 0 Å². The summed E-state index contributed by atoms with van der Waals surface area (Å²) >= 11 is 0. The lowest BCUT2D eigenvalue weighted by molar-refractivity contribution is -0.119. The van der Waals surface area contributed by atoms with Crippen molar-refractivity contribution < 1.29 is 4.79 Å². The van der Waals surface area contributed by atoms with Gasteiger partial charge in [0.15, 0.2) is 0 Å². The molecule has 2 heterocycles. The van der Waals surface area contributed by atoms with Gasteiger partial charge in [-0.15, -0.1) is 0 Å².